The van der Waals surface area contributed by atoms with Crippen LogP contribution < -0.4 is 0 Å². The summed E-state index contributed by atoms with van der Waals surface area (Å²) < 4.78 is 3.64. The molecule has 2 aromatic rings. The molecule has 28 heavy (non-hydrogen) atoms. The number of hydrogen-bond donors (Lipinski definition) is 0. The number of rotatable bonds is 4. The summed E-state index contributed by atoms with van der Waals surface area (Å²) in [6.45, 7) is 4.89. The van der Waals surface area contributed by atoms with Gasteiger partial charge in [-0.25, -0.2) is 0 Å². The number of fused-ring (bicyclic) bond motifs is 1. The fourth-order valence-electron chi connectivity index (χ4n) is 4.27. The molecule has 0 bridgehead atoms. The third kappa shape index (κ3) is 3.31. The number of aryl methyl sites for hydroxylation is 3. The smallest absolute Gasteiger partial charge is 0.257 e. The molecule has 0 atom stereocenters. The topological polar surface area (TPSA) is 76.3 Å². The fourth-order valence-corrected chi connectivity index (χ4v) is 4.27. The fraction of sp³-hybridized carbons (Fsp3) is 0.600. The summed E-state index contributed by atoms with van der Waals surface area (Å²) in [6.07, 6.45) is 5.76. The monoisotopic (exact) mass is 384 g/mol. The van der Waals surface area contributed by atoms with Gasteiger partial charge in [0.1, 0.15) is 0 Å². The molecule has 8 nitrogen and oxygen atoms in total. The Morgan fingerprint density at radius 3 is 2.50 bits per heavy atom. The van der Waals surface area contributed by atoms with Gasteiger partial charge in [0.2, 0.25) is 5.91 Å². The molecule has 2 aliphatic rings. The van der Waals surface area contributed by atoms with Crippen LogP contribution >= 0.6 is 0 Å². The first-order chi connectivity index (χ1) is 13.5. The Hall–Kier alpha value is -2.64. The molecule has 4 heterocycles. The van der Waals surface area contributed by atoms with Crippen LogP contribution in [0.3, 0.4) is 0 Å². The minimum absolute atomic E-state index is 0.0131. The number of amides is 2. The first-order valence-corrected chi connectivity index (χ1v) is 10.0. The van der Waals surface area contributed by atoms with Crippen LogP contribution in [0, 0.1) is 6.92 Å². The molecule has 150 valence electrons. The van der Waals surface area contributed by atoms with Crippen molar-refractivity contribution < 1.29 is 9.59 Å². The van der Waals surface area contributed by atoms with Crippen LogP contribution in [0.5, 0.6) is 0 Å². The first-order valence-electron chi connectivity index (χ1n) is 10.0. The summed E-state index contributed by atoms with van der Waals surface area (Å²) >= 11 is 0. The highest BCUT2D eigenvalue weighted by molar-refractivity contribution is 5.95. The van der Waals surface area contributed by atoms with Crippen LogP contribution in [-0.4, -0.2) is 60.8 Å². The molecule has 0 spiro atoms. The van der Waals surface area contributed by atoms with E-state index in [9.17, 15) is 9.59 Å². The SMILES string of the molecule is Cc1c(C(=O)N2CCc3c(c(CCC(=O)N4CCCC4)nn3C)C2)cnn1C. The normalized spacial score (nSPS) is 16.5. The molecule has 8 heteroatoms. The van der Waals surface area contributed by atoms with Crippen molar-refractivity contribution in [2.75, 3.05) is 19.6 Å². The van der Waals surface area contributed by atoms with Crippen LogP contribution in [0.2, 0.25) is 0 Å². The Morgan fingerprint density at radius 1 is 1.07 bits per heavy atom. The second-order valence-corrected chi connectivity index (χ2v) is 7.83. The van der Waals surface area contributed by atoms with E-state index in [1.807, 2.05) is 35.5 Å². The van der Waals surface area contributed by atoms with Crippen molar-refractivity contribution in [3.63, 3.8) is 0 Å². The molecular formula is C20H28N6O2. The second kappa shape index (κ2) is 7.41. The van der Waals surface area contributed by atoms with Crippen molar-refractivity contribution >= 4 is 11.8 Å². The third-order valence-electron chi connectivity index (χ3n) is 6.11. The highest BCUT2D eigenvalue weighted by Crippen LogP contribution is 2.25. The van der Waals surface area contributed by atoms with Gasteiger partial charge >= 0.3 is 0 Å². The summed E-state index contributed by atoms with van der Waals surface area (Å²) in [6, 6.07) is 0. The number of likely N-dealkylation sites (tertiary alicyclic amines) is 1. The Morgan fingerprint density at radius 2 is 1.82 bits per heavy atom. The summed E-state index contributed by atoms with van der Waals surface area (Å²) in [5.74, 6) is 0.228. The second-order valence-electron chi connectivity index (χ2n) is 7.83. The molecule has 2 aromatic heterocycles. The van der Waals surface area contributed by atoms with Gasteiger partial charge in [-0.15, -0.1) is 0 Å². The van der Waals surface area contributed by atoms with Crippen LogP contribution in [-0.2, 0) is 38.3 Å². The van der Waals surface area contributed by atoms with Crippen molar-refractivity contribution in [3.8, 4) is 0 Å². The van der Waals surface area contributed by atoms with Gasteiger partial charge in [0.15, 0.2) is 0 Å². The Bertz CT molecular complexity index is 906. The standard InChI is InChI=1S/C20H28N6O2/c1-14-15(12-21-23(14)2)20(28)26-11-8-18-16(13-26)17(22-24(18)3)6-7-19(27)25-9-4-5-10-25/h12H,4-11,13H2,1-3H3. The Balaban J connectivity index is 1.48. The number of aromatic nitrogens is 4. The molecule has 1 fully saturated rings. The van der Waals surface area contributed by atoms with Crippen molar-refractivity contribution in [1.29, 1.82) is 0 Å². The minimum atomic E-state index is 0.0131. The van der Waals surface area contributed by atoms with Gasteiger partial charge in [-0.05, 0) is 19.8 Å². The molecule has 0 N–H and O–H groups in total. The van der Waals surface area contributed by atoms with Crippen molar-refractivity contribution in [1.82, 2.24) is 29.4 Å². The average Bonchev–Trinajstić information content (AvgIpc) is 3.41. The molecule has 2 amide bonds. The van der Waals surface area contributed by atoms with Gasteiger partial charge < -0.3 is 9.80 Å². The van der Waals surface area contributed by atoms with Gasteiger partial charge in [0.05, 0.1) is 17.5 Å². The molecule has 0 aliphatic carbocycles. The van der Waals surface area contributed by atoms with Gasteiger partial charge in [-0.2, -0.15) is 10.2 Å². The van der Waals surface area contributed by atoms with Gasteiger partial charge in [0.25, 0.3) is 5.91 Å². The van der Waals surface area contributed by atoms with E-state index in [1.165, 1.54) is 5.69 Å². The summed E-state index contributed by atoms with van der Waals surface area (Å²) in [7, 11) is 3.80. The van der Waals surface area contributed by atoms with E-state index in [-0.39, 0.29) is 11.8 Å². The predicted molar refractivity (Wildman–Crippen MR) is 104 cm³/mol. The maximum absolute atomic E-state index is 13.0. The maximum Gasteiger partial charge on any atom is 0.257 e. The molecule has 1 saturated heterocycles. The van der Waals surface area contributed by atoms with Gasteiger partial charge in [-0.1, -0.05) is 0 Å². The number of carbonyl (C=O) groups is 2. The largest absolute Gasteiger partial charge is 0.343 e. The summed E-state index contributed by atoms with van der Waals surface area (Å²) in [5.41, 5.74) is 4.76. The van der Waals surface area contributed by atoms with Crippen molar-refractivity contribution in [2.24, 2.45) is 14.1 Å². The van der Waals surface area contributed by atoms with E-state index in [2.05, 4.69) is 10.2 Å². The average molecular weight is 384 g/mol. The van der Waals surface area contributed by atoms with E-state index in [4.69, 9.17) is 0 Å². The lowest BCUT2D eigenvalue weighted by Crippen LogP contribution is -2.36. The number of hydrogen-bond acceptors (Lipinski definition) is 4. The van der Waals surface area contributed by atoms with E-state index in [0.717, 1.165) is 49.3 Å². The minimum Gasteiger partial charge on any atom is -0.343 e. The molecule has 0 radical (unpaired) electrons. The van der Waals surface area contributed by atoms with Crippen LogP contribution in [0.25, 0.3) is 0 Å². The molecule has 0 unspecified atom stereocenters. The van der Waals surface area contributed by atoms with E-state index in [0.29, 0.717) is 31.5 Å². The molecule has 0 saturated carbocycles. The number of nitrogens with zero attached hydrogens (tertiary/aromatic N) is 6. The highest BCUT2D eigenvalue weighted by Gasteiger charge is 2.29. The summed E-state index contributed by atoms with van der Waals surface area (Å²) in [4.78, 5) is 29.2. The lowest BCUT2D eigenvalue weighted by Gasteiger charge is -2.27. The molecule has 2 aliphatic heterocycles. The molecular weight excluding hydrogens is 356 g/mol. The lowest BCUT2D eigenvalue weighted by atomic mass is 10.0. The van der Waals surface area contributed by atoms with E-state index >= 15 is 0 Å². The molecule has 4 rings (SSSR count). The third-order valence-corrected chi connectivity index (χ3v) is 6.11. The quantitative estimate of drug-likeness (QED) is 0.794. The van der Waals surface area contributed by atoms with Crippen LogP contribution in [0.1, 0.15) is 52.3 Å². The number of carbonyl (C=O) groups excluding carboxylic acids is 2. The van der Waals surface area contributed by atoms with Gasteiger partial charge in [0, 0.05) is 76.5 Å². The zero-order chi connectivity index (χ0) is 19.8. The predicted octanol–water partition coefficient (Wildman–Crippen LogP) is 1.22. The van der Waals surface area contributed by atoms with Gasteiger partial charge in [-0.3, -0.25) is 19.0 Å². The molecule has 0 aromatic carbocycles. The lowest BCUT2D eigenvalue weighted by molar-refractivity contribution is -0.130. The zero-order valence-corrected chi connectivity index (χ0v) is 16.9. The van der Waals surface area contributed by atoms with E-state index < -0.39 is 0 Å². The van der Waals surface area contributed by atoms with Crippen molar-refractivity contribution in [2.45, 2.75) is 45.6 Å². The van der Waals surface area contributed by atoms with E-state index in [1.54, 1.807) is 10.9 Å². The van der Waals surface area contributed by atoms with Crippen molar-refractivity contribution in [3.05, 3.63) is 34.4 Å². The highest BCUT2D eigenvalue weighted by atomic mass is 16.2. The zero-order valence-electron chi connectivity index (χ0n) is 16.9. The van der Waals surface area contributed by atoms with Crippen LogP contribution in [0.4, 0.5) is 0 Å². The summed E-state index contributed by atoms with van der Waals surface area (Å²) in [5, 5.41) is 8.87. The van der Waals surface area contributed by atoms with Crippen LogP contribution in [0.15, 0.2) is 6.20 Å². The Kier molecular flexibility index (Phi) is 4.95. The maximum atomic E-state index is 13.0. The Labute approximate surface area is 165 Å². The first kappa shape index (κ1) is 18.7.